The number of nitrogens with one attached hydrogen (secondary N) is 1. The van der Waals surface area contributed by atoms with E-state index in [0.29, 0.717) is 12.5 Å². The summed E-state index contributed by atoms with van der Waals surface area (Å²) in [6.07, 6.45) is 6.36. The molecule has 0 aromatic carbocycles. The Bertz CT molecular complexity index is 250. The van der Waals surface area contributed by atoms with Crippen molar-refractivity contribution in [3.63, 3.8) is 0 Å². The summed E-state index contributed by atoms with van der Waals surface area (Å²) in [5.41, 5.74) is 0.167. The number of carbonyl (C=O) groups is 1. The van der Waals surface area contributed by atoms with E-state index in [1.54, 1.807) is 0 Å². The molecule has 1 amide bonds. The molecule has 1 heterocycles. The van der Waals surface area contributed by atoms with E-state index in [-0.39, 0.29) is 11.3 Å². The van der Waals surface area contributed by atoms with Gasteiger partial charge in [-0.05, 0) is 37.5 Å². The molecule has 0 aliphatic carbocycles. The second-order valence-corrected chi connectivity index (χ2v) is 6.70. The Morgan fingerprint density at radius 1 is 1.44 bits per heavy atom. The molecule has 0 aromatic rings. The minimum atomic E-state index is 0.159. The number of rotatable bonds is 7. The Labute approximate surface area is 119 Å². The predicted octanol–water partition coefficient (Wildman–Crippen LogP) is 3.26. The van der Waals surface area contributed by atoms with Gasteiger partial charge in [-0.2, -0.15) is 0 Å². The number of hydrogen-bond acceptors (Lipinski definition) is 2. The third-order valence-electron chi connectivity index (χ3n) is 3.50. The molecule has 1 aliphatic heterocycles. The number of carbonyl (C=O) groups excluding carboxylic acids is 1. The van der Waals surface area contributed by atoms with Gasteiger partial charge in [0.25, 0.3) is 0 Å². The third-order valence-corrected chi connectivity index (χ3v) is 3.90. The normalized spacial score (nSPS) is 20.7. The Morgan fingerprint density at radius 2 is 2.22 bits per heavy atom. The topological polar surface area (TPSA) is 38.3 Å². The standard InChI is InChI=1S/C14H26BrNO2/c1-14(2,8-9-15)11-16-13(17)7-6-12-5-3-4-10-18-12/h12H,3-11H2,1-2H3,(H,16,17). The molecule has 4 heteroatoms. The van der Waals surface area contributed by atoms with E-state index < -0.39 is 0 Å². The molecule has 0 bridgehead atoms. The monoisotopic (exact) mass is 319 g/mol. The van der Waals surface area contributed by atoms with Crippen LogP contribution in [0.15, 0.2) is 0 Å². The summed E-state index contributed by atoms with van der Waals surface area (Å²) in [7, 11) is 0. The summed E-state index contributed by atoms with van der Waals surface area (Å²) >= 11 is 3.45. The van der Waals surface area contributed by atoms with E-state index in [0.717, 1.165) is 37.7 Å². The van der Waals surface area contributed by atoms with Crippen LogP contribution in [0.25, 0.3) is 0 Å². The van der Waals surface area contributed by atoms with Crippen LogP contribution in [0, 0.1) is 5.41 Å². The van der Waals surface area contributed by atoms with Crippen molar-refractivity contribution >= 4 is 21.8 Å². The van der Waals surface area contributed by atoms with Crippen LogP contribution in [-0.4, -0.2) is 30.5 Å². The number of halogens is 1. The first-order valence-electron chi connectivity index (χ1n) is 6.98. The van der Waals surface area contributed by atoms with Gasteiger partial charge in [0.1, 0.15) is 0 Å². The van der Waals surface area contributed by atoms with Gasteiger partial charge in [0.15, 0.2) is 0 Å². The second kappa shape index (κ2) is 8.16. The van der Waals surface area contributed by atoms with Crippen molar-refractivity contribution < 1.29 is 9.53 Å². The molecular weight excluding hydrogens is 294 g/mol. The highest BCUT2D eigenvalue weighted by atomic mass is 79.9. The summed E-state index contributed by atoms with van der Waals surface area (Å²) in [6, 6.07) is 0. The van der Waals surface area contributed by atoms with Crippen molar-refractivity contribution in [3.05, 3.63) is 0 Å². The summed E-state index contributed by atoms with van der Waals surface area (Å²) in [5.74, 6) is 0.159. The first-order chi connectivity index (χ1) is 8.53. The SMILES string of the molecule is CC(C)(CCBr)CNC(=O)CCC1CCCCO1. The number of amides is 1. The van der Waals surface area contributed by atoms with Crippen LogP contribution in [0.5, 0.6) is 0 Å². The molecule has 106 valence electrons. The Kier molecular flexibility index (Phi) is 7.23. The highest BCUT2D eigenvalue weighted by molar-refractivity contribution is 9.09. The molecule has 1 unspecified atom stereocenters. The van der Waals surface area contributed by atoms with E-state index >= 15 is 0 Å². The van der Waals surface area contributed by atoms with Gasteiger partial charge in [0, 0.05) is 24.9 Å². The summed E-state index contributed by atoms with van der Waals surface area (Å²) in [5, 5.41) is 4.01. The van der Waals surface area contributed by atoms with Crippen LogP contribution in [0.4, 0.5) is 0 Å². The number of alkyl halides is 1. The third kappa shape index (κ3) is 6.74. The smallest absolute Gasteiger partial charge is 0.220 e. The van der Waals surface area contributed by atoms with Gasteiger partial charge in [-0.1, -0.05) is 29.8 Å². The van der Waals surface area contributed by atoms with Crippen LogP contribution in [0.3, 0.4) is 0 Å². The zero-order valence-electron chi connectivity index (χ0n) is 11.6. The number of ether oxygens (including phenoxy) is 1. The van der Waals surface area contributed by atoms with E-state index in [1.807, 2.05) is 0 Å². The fraction of sp³-hybridized carbons (Fsp3) is 0.929. The van der Waals surface area contributed by atoms with Crippen molar-refractivity contribution in [2.75, 3.05) is 18.5 Å². The fourth-order valence-corrected chi connectivity index (χ4v) is 3.17. The molecule has 0 radical (unpaired) electrons. The quantitative estimate of drug-likeness (QED) is 0.731. The van der Waals surface area contributed by atoms with Crippen LogP contribution < -0.4 is 5.32 Å². The van der Waals surface area contributed by atoms with E-state index in [2.05, 4.69) is 35.1 Å². The minimum absolute atomic E-state index is 0.159. The van der Waals surface area contributed by atoms with Gasteiger partial charge in [0.2, 0.25) is 5.91 Å². The average molecular weight is 320 g/mol. The fourth-order valence-electron chi connectivity index (χ4n) is 2.10. The summed E-state index contributed by atoms with van der Waals surface area (Å²) in [6.45, 7) is 5.98. The molecule has 18 heavy (non-hydrogen) atoms. The van der Waals surface area contributed by atoms with Gasteiger partial charge >= 0.3 is 0 Å². The molecule has 0 aromatic heterocycles. The van der Waals surface area contributed by atoms with Gasteiger partial charge in [-0.3, -0.25) is 4.79 Å². The lowest BCUT2D eigenvalue weighted by molar-refractivity contribution is -0.122. The van der Waals surface area contributed by atoms with Crippen LogP contribution in [-0.2, 0) is 9.53 Å². The molecule has 1 atom stereocenters. The first kappa shape index (κ1) is 16.0. The summed E-state index contributed by atoms with van der Waals surface area (Å²) < 4.78 is 5.63. The molecule has 1 rings (SSSR count). The Balaban J connectivity index is 2.13. The van der Waals surface area contributed by atoms with Gasteiger partial charge in [0.05, 0.1) is 6.10 Å². The molecular formula is C14H26BrNO2. The van der Waals surface area contributed by atoms with E-state index in [1.165, 1.54) is 12.8 Å². The van der Waals surface area contributed by atoms with Crippen LogP contribution in [0.1, 0.15) is 52.4 Å². The molecule has 1 saturated heterocycles. The maximum atomic E-state index is 11.8. The van der Waals surface area contributed by atoms with Gasteiger partial charge < -0.3 is 10.1 Å². The average Bonchev–Trinajstić information content (AvgIpc) is 2.35. The van der Waals surface area contributed by atoms with E-state index in [4.69, 9.17) is 4.74 Å². The Morgan fingerprint density at radius 3 is 2.83 bits per heavy atom. The maximum absolute atomic E-state index is 11.8. The Hall–Kier alpha value is -0.0900. The maximum Gasteiger partial charge on any atom is 0.220 e. The molecule has 3 nitrogen and oxygen atoms in total. The lowest BCUT2D eigenvalue weighted by Gasteiger charge is -2.25. The van der Waals surface area contributed by atoms with Crippen molar-refractivity contribution in [3.8, 4) is 0 Å². The van der Waals surface area contributed by atoms with Crippen molar-refractivity contribution in [1.29, 1.82) is 0 Å². The largest absolute Gasteiger partial charge is 0.378 e. The van der Waals surface area contributed by atoms with Crippen LogP contribution >= 0.6 is 15.9 Å². The lowest BCUT2D eigenvalue weighted by atomic mass is 9.90. The zero-order valence-corrected chi connectivity index (χ0v) is 13.2. The summed E-state index contributed by atoms with van der Waals surface area (Å²) in [4.78, 5) is 11.8. The molecule has 0 spiro atoms. The minimum Gasteiger partial charge on any atom is -0.378 e. The van der Waals surface area contributed by atoms with Crippen molar-refractivity contribution in [1.82, 2.24) is 5.32 Å². The van der Waals surface area contributed by atoms with Crippen molar-refractivity contribution in [2.24, 2.45) is 5.41 Å². The molecule has 1 aliphatic rings. The molecule has 1 fully saturated rings. The van der Waals surface area contributed by atoms with Crippen LogP contribution in [0.2, 0.25) is 0 Å². The lowest BCUT2D eigenvalue weighted by Crippen LogP contribution is -2.34. The molecule has 0 saturated carbocycles. The number of hydrogen-bond donors (Lipinski definition) is 1. The highest BCUT2D eigenvalue weighted by Gasteiger charge is 2.19. The molecule has 1 N–H and O–H groups in total. The first-order valence-corrected chi connectivity index (χ1v) is 8.10. The van der Waals surface area contributed by atoms with Crippen molar-refractivity contribution in [2.45, 2.75) is 58.5 Å². The predicted molar refractivity (Wildman–Crippen MR) is 78.0 cm³/mol. The second-order valence-electron chi connectivity index (χ2n) is 5.91. The van der Waals surface area contributed by atoms with Gasteiger partial charge in [-0.25, -0.2) is 0 Å². The van der Waals surface area contributed by atoms with E-state index in [9.17, 15) is 4.79 Å². The highest BCUT2D eigenvalue weighted by Crippen LogP contribution is 2.20. The zero-order chi connectivity index (χ0) is 13.4. The van der Waals surface area contributed by atoms with Gasteiger partial charge in [-0.15, -0.1) is 0 Å².